The molecule has 0 heterocycles. The first-order valence-electron chi connectivity index (χ1n) is 6.22. The molecule has 0 amide bonds. The Morgan fingerprint density at radius 3 is 2.45 bits per heavy atom. The van der Waals surface area contributed by atoms with Crippen LogP contribution in [0.2, 0.25) is 5.02 Å². The fourth-order valence-electron chi connectivity index (χ4n) is 1.67. The third kappa shape index (κ3) is 4.32. The minimum absolute atomic E-state index is 0.522. The normalized spacial score (nSPS) is 10.3. The van der Waals surface area contributed by atoms with E-state index in [1.165, 1.54) is 0 Å². The van der Waals surface area contributed by atoms with Gasteiger partial charge in [0.1, 0.15) is 5.75 Å². The molecule has 2 aromatic carbocycles. The zero-order chi connectivity index (χ0) is 14.4. The lowest BCUT2D eigenvalue weighted by molar-refractivity contribution is 0.247. The average molecular weight is 357 g/mol. The fourth-order valence-corrected chi connectivity index (χ4v) is 2.62. The Bertz CT molecular complexity index is 540. The van der Waals surface area contributed by atoms with Crippen LogP contribution in [-0.2, 0) is 0 Å². The Kier molecular flexibility index (Phi) is 5.56. The molecule has 0 saturated heterocycles. The van der Waals surface area contributed by atoms with Gasteiger partial charge in [-0.05, 0) is 40.2 Å². The van der Waals surface area contributed by atoms with Crippen LogP contribution >= 0.6 is 27.5 Å². The minimum Gasteiger partial charge on any atom is -0.493 e. The molecule has 20 heavy (non-hydrogen) atoms. The van der Waals surface area contributed by atoms with Gasteiger partial charge in [0.25, 0.3) is 0 Å². The van der Waals surface area contributed by atoms with Crippen molar-refractivity contribution >= 4 is 33.2 Å². The third-order valence-corrected chi connectivity index (χ3v) is 3.39. The highest BCUT2D eigenvalue weighted by atomic mass is 79.9. The number of ether oxygens (including phenoxy) is 2. The Hall–Kier alpha value is -1.39. The number of halogens is 2. The molecule has 0 atom stereocenters. The van der Waals surface area contributed by atoms with Crippen molar-refractivity contribution in [2.45, 2.75) is 6.42 Å². The lowest BCUT2D eigenvalue weighted by atomic mass is 10.3. The van der Waals surface area contributed by atoms with Crippen LogP contribution in [0, 0.1) is 0 Å². The molecule has 0 radical (unpaired) electrons. The van der Waals surface area contributed by atoms with Crippen LogP contribution in [0.25, 0.3) is 0 Å². The number of nitrogen functional groups attached to an aromatic ring is 1. The summed E-state index contributed by atoms with van der Waals surface area (Å²) in [7, 11) is 0. The molecular weight excluding hydrogens is 342 g/mol. The van der Waals surface area contributed by atoms with Crippen molar-refractivity contribution in [2.24, 2.45) is 0 Å². The number of hydrogen-bond donors (Lipinski definition) is 1. The molecule has 2 N–H and O–H groups in total. The highest BCUT2D eigenvalue weighted by Gasteiger charge is 2.07. The van der Waals surface area contributed by atoms with Crippen LogP contribution in [0.4, 0.5) is 5.69 Å². The molecule has 0 saturated carbocycles. The van der Waals surface area contributed by atoms with Crippen molar-refractivity contribution in [2.75, 3.05) is 18.9 Å². The molecule has 2 rings (SSSR count). The van der Waals surface area contributed by atoms with Gasteiger partial charge in [0.15, 0.2) is 5.75 Å². The van der Waals surface area contributed by atoms with E-state index in [9.17, 15) is 0 Å². The molecule has 0 aromatic heterocycles. The first kappa shape index (κ1) is 15.0. The van der Waals surface area contributed by atoms with E-state index in [1.807, 2.05) is 30.3 Å². The van der Waals surface area contributed by atoms with Gasteiger partial charge in [0, 0.05) is 11.4 Å². The summed E-state index contributed by atoms with van der Waals surface area (Å²) in [5.74, 6) is 1.48. The summed E-state index contributed by atoms with van der Waals surface area (Å²) in [6.07, 6.45) is 0.767. The summed E-state index contributed by atoms with van der Waals surface area (Å²) in [4.78, 5) is 0. The topological polar surface area (TPSA) is 44.5 Å². The van der Waals surface area contributed by atoms with Gasteiger partial charge in [-0.25, -0.2) is 0 Å². The van der Waals surface area contributed by atoms with Gasteiger partial charge in [-0.2, -0.15) is 0 Å². The van der Waals surface area contributed by atoms with E-state index in [4.69, 9.17) is 26.8 Å². The van der Waals surface area contributed by atoms with Gasteiger partial charge in [-0.1, -0.05) is 29.8 Å². The molecular formula is C15H15BrClNO2. The standard InChI is InChI=1S/C15H15BrClNO2/c16-13-9-11(17)10-14(18)15(13)20-8-4-7-19-12-5-2-1-3-6-12/h1-3,5-6,9-10H,4,7-8,18H2. The first-order valence-corrected chi connectivity index (χ1v) is 7.39. The first-order chi connectivity index (χ1) is 9.66. The van der Waals surface area contributed by atoms with Crippen molar-refractivity contribution in [3.8, 4) is 11.5 Å². The van der Waals surface area contributed by atoms with Crippen molar-refractivity contribution in [1.82, 2.24) is 0 Å². The molecule has 106 valence electrons. The van der Waals surface area contributed by atoms with Crippen LogP contribution in [0.3, 0.4) is 0 Å². The molecule has 0 bridgehead atoms. The van der Waals surface area contributed by atoms with Gasteiger partial charge in [-0.15, -0.1) is 0 Å². The van der Waals surface area contributed by atoms with E-state index < -0.39 is 0 Å². The Balaban J connectivity index is 1.76. The Morgan fingerprint density at radius 2 is 1.75 bits per heavy atom. The van der Waals surface area contributed by atoms with Gasteiger partial charge < -0.3 is 15.2 Å². The van der Waals surface area contributed by atoms with E-state index in [1.54, 1.807) is 12.1 Å². The van der Waals surface area contributed by atoms with E-state index in [0.717, 1.165) is 16.6 Å². The van der Waals surface area contributed by atoms with Crippen molar-refractivity contribution in [3.63, 3.8) is 0 Å². The highest BCUT2D eigenvalue weighted by Crippen LogP contribution is 2.34. The number of hydrogen-bond acceptors (Lipinski definition) is 3. The maximum absolute atomic E-state index is 5.89. The highest BCUT2D eigenvalue weighted by molar-refractivity contribution is 9.10. The van der Waals surface area contributed by atoms with Gasteiger partial charge in [0.05, 0.1) is 23.4 Å². The summed E-state index contributed by atoms with van der Waals surface area (Å²) in [6.45, 7) is 1.12. The molecule has 0 aliphatic carbocycles. The van der Waals surface area contributed by atoms with Gasteiger partial charge in [0.2, 0.25) is 0 Å². The molecule has 0 fully saturated rings. The third-order valence-electron chi connectivity index (χ3n) is 2.58. The predicted molar refractivity (Wildman–Crippen MR) is 85.6 cm³/mol. The quantitative estimate of drug-likeness (QED) is 0.611. The predicted octanol–water partition coefficient (Wildman–Crippen LogP) is 4.53. The van der Waals surface area contributed by atoms with Crippen LogP contribution in [0.5, 0.6) is 11.5 Å². The second kappa shape index (κ2) is 7.41. The van der Waals surface area contributed by atoms with Crippen LogP contribution in [-0.4, -0.2) is 13.2 Å². The van der Waals surface area contributed by atoms with E-state index in [-0.39, 0.29) is 0 Å². The van der Waals surface area contributed by atoms with Crippen LogP contribution in [0.15, 0.2) is 46.9 Å². The summed E-state index contributed by atoms with van der Waals surface area (Å²) >= 11 is 9.27. The summed E-state index contributed by atoms with van der Waals surface area (Å²) < 4.78 is 12.0. The second-order valence-corrected chi connectivity index (χ2v) is 5.46. The van der Waals surface area contributed by atoms with E-state index in [2.05, 4.69) is 15.9 Å². The maximum Gasteiger partial charge on any atom is 0.156 e. The van der Waals surface area contributed by atoms with E-state index in [0.29, 0.717) is 29.7 Å². The van der Waals surface area contributed by atoms with Crippen LogP contribution < -0.4 is 15.2 Å². The largest absolute Gasteiger partial charge is 0.493 e. The molecule has 0 aliphatic rings. The molecule has 5 heteroatoms. The molecule has 0 spiro atoms. The van der Waals surface area contributed by atoms with Crippen LogP contribution in [0.1, 0.15) is 6.42 Å². The SMILES string of the molecule is Nc1cc(Cl)cc(Br)c1OCCCOc1ccccc1. The van der Waals surface area contributed by atoms with E-state index >= 15 is 0 Å². The lowest BCUT2D eigenvalue weighted by Crippen LogP contribution is -2.06. The van der Waals surface area contributed by atoms with Gasteiger partial charge in [-0.3, -0.25) is 0 Å². The number of rotatable bonds is 6. The Labute approximate surface area is 131 Å². The van der Waals surface area contributed by atoms with Crippen molar-refractivity contribution in [1.29, 1.82) is 0 Å². The summed E-state index contributed by atoms with van der Waals surface area (Å²) in [6, 6.07) is 13.1. The second-order valence-electron chi connectivity index (χ2n) is 4.17. The minimum atomic E-state index is 0.522. The number of nitrogens with two attached hydrogens (primary N) is 1. The average Bonchev–Trinajstić information content (AvgIpc) is 2.42. The summed E-state index contributed by atoms with van der Waals surface area (Å²) in [5.41, 5.74) is 6.38. The number of benzene rings is 2. The Morgan fingerprint density at radius 1 is 1.05 bits per heavy atom. The zero-order valence-electron chi connectivity index (χ0n) is 10.8. The fraction of sp³-hybridized carbons (Fsp3) is 0.200. The molecule has 3 nitrogen and oxygen atoms in total. The molecule has 0 unspecified atom stereocenters. The lowest BCUT2D eigenvalue weighted by Gasteiger charge is -2.11. The molecule has 0 aliphatic heterocycles. The van der Waals surface area contributed by atoms with Crippen molar-refractivity contribution < 1.29 is 9.47 Å². The van der Waals surface area contributed by atoms with Gasteiger partial charge >= 0.3 is 0 Å². The number of anilines is 1. The monoisotopic (exact) mass is 355 g/mol. The zero-order valence-corrected chi connectivity index (χ0v) is 13.2. The van der Waals surface area contributed by atoms with Crippen molar-refractivity contribution in [3.05, 3.63) is 52.0 Å². The maximum atomic E-state index is 5.89. The molecule has 2 aromatic rings. The number of para-hydroxylation sites is 1. The summed E-state index contributed by atoms with van der Waals surface area (Å²) in [5, 5.41) is 0.578. The smallest absolute Gasteiger partial charge is 0.156 e.